The van der Waals surface area contributed by atoms with Crippen molar-refractivity contribution in [1.29, 1.82) is 0 Å². The van der Waals surface area contributed by atoms with Gasteiger partial charge < -0.3 is 0 Å². The Hall–Kier alpha value is -2.55. The van der Waals surface area contributed by atoms with Gasteiger partial charge in [0.2, 0.25) is 21.8 Å². The first-order chi connectivity index (χ1) is 16.8. The highest BCUT2D eigenvalue weighted by Gasteiger charge is 2.48. The number of carbonyl (C=O) groups excluding carboxylic acids is 2. The highest BCUT2D eigenvalue weighted by atomic mass is 32.2. The number of amides is 2. The minimum absolute atomic E-state index is 0.0979. The summed E-state index contributed by atoms with van der Waals surface area (Å²) in [5.74, 6) is -0.590. The lowest BCUT2D eigenvalue weighted by atomic mass is 9.81. The summed E-state index contributed by atoms with van der Waals surface area (Å²) in [7, 11) is -3.67. The molecule has 2 heterocycles. The van der Waals surface area contributed by atoms with E-state index in [1.807, 2.05) is 24.3 Å². The lowest BCUT2D eigenvalue weighted by Gasteiger charge is -2.34. The summed E-state index contributed by atoms with van der Waals surface area (Å²) in [5, 5.41) is 0. The Labute approximate surface area is 207 Å². The van der Waals surface area contributed by atoms with Crippen LogP contribution in [0.4, 0.5) is 0 Å². The van der Waals surface area contributed by atoms with Gasteiger partial charge >= 0.3 is 0 Å². The van der Waals surface area contributed by atoms with Crippen LogP contribution in [0.1, 0.15) is 42.4 Å². The third kappa shape index (κ3) is 4.79. The van der Waals surface area contributed by atoms with Crippen molar-refractivity contribution in [2.75, 3.05) is 26.2 Å². The summed E-state index contributed by atoms with van der Waals surface area (Å²) in [6, 6.07) is 15.5. The maximum absolute atomic E-state index is 13.6. The largest absolute Gasteiger partial charge is 0.296 e. The van der Waals surface area contributed by atoms with Gasteiger partial charge in [-0.25, -0.2) is 8.42 Å². The Morgan fingerprint density at radius 1 is 0.800 bits per heavy atom. The van der Waals surface area contributed by atoms with Crippen molar-refractivity contribution in [3.8, 4) is 0 Å². The molecule has 186 valence electrons. The molecule has 2 aliphatic heterocycles. The molecule has 0 N–H and O–H groups in total. The molecular weight excluding hydrogens is 462 g/mol. The molecule has 5 rings (SSSR count). The molecule has 2 aromatic carbocycles. The fourth-order valence-electron chi connectivity index (χ4n) is 5.70. The molecule has 2 saturated heterocycles. The fourth-order valence-corrected chi connectivity index (χ4v) is 7.40. The van der Waals surface area contributed by atoms with E-state index in [1.54, 1.807) is 23.4 Å². The van der Waals surface area contributed by atoms with Crippen LogP contribution in [0.5, 0.6) is 0 Å². The number of nitrogens with zero attached hydrogens (tertiary/aromatic N) is 3. The zero-order valence-electron chi connectivity index (χ0n) is 20.2. The number of hydrogen-bond donors (Lipinski definition) is 0. The smallest absolute Gasteiger partial charge is 0.243 e. The first kappa shape index (κ1) is 24.2. The predicted molar refractivity (Wildman–Crippen MR) is 133 cm³/mol. The third-order valence-corrected chi connectivity index (χ3v) is 9.76. The molecule has 2 atom stereocenters. The van der Waals surface area contributed by atoms with Gasteiger partial charge in [0.1, 0.15) is 0 Å². The molecule has 8 heteroatoms. The number of fused-ring (bicyclic) bond motifs is 1. The van der Waals surface area contributed by atoms with E-state index in [9.17, 15) is 18.0 Å². The molecular formula is C27H33N3O4S. The van der Waals surface area contributed by atoms with E-state index in [4.69, 9.17) is 0 Å². The molecule has 1 aliphatic carbocycles. The van der Waals surface area contributed by atoms with Crippen molar-refractivity contribution in [2.45, 2.75) is 50.6 Å². The van der Waals surface area contributed by atoms with E-state index in [1.165, 1.54) is 10.5 Å². The van der Waals surface area contributed by atoms with Crippen molar-refractivity contribution in [3.05, 3.63) is 65.2 Å². The van der Waals surface area contributed by atoms with Gasteiger partial charge in [0, 0.05) is 32.7 Å². The quantitative estimate of drug-likeness (QED) is 0.576. The number of imide groups is 1. The summed E-state index contributed by atoms with van der Waals surface area (Å²) in [6.45, 7) is 4.96. The van der Waals surface area contributed by atoms with E-state index < -0.39 is 10.0 Å². The molecule has 0 spiro atoms. The van der Waals surface area contributed by atoms with Crippen LogP contribution in [0.3, 0.4) is 0 Å². The topological polar surface area (TPSA) is 78.0 Å². The predicted octanol–water partition coefficient (Wildman–Crippen LogP) is 3.18. The van der Waals surface area contributed by atoms with E-state index in [0.29, 0.717) is 37.3 Å². The van der Waals surface area contributed by atoms with E-state index in [2.05, 4.69) is 17.0 Å². The Morgan fingerprint density at radius 2 is 1.43 bits per heavy atom. The third-order valence-electron chi connectivity index (χ3n) is 7.72. The number of carbonyl (C=O) groups is 2. The molecule has 2 aromatic rings. The van der Waals surface area contributed by atoms with Crippen molar-refractivity contribution in [1.82, 2.24) is 14.1 Å². The van der Waals surface area contributed by atoms with Gasteiger partial charge in [0.05, 0.1) is 23.3 Å². The minimum atomic E-state index is -3.67. The first-order valence-electron chi connectivity index (χ1n) is 12.6. The van der Waals surface area contributed by atoms with E-state index >= 15 is 0 Å². The Balaban J connectivity index is 1.28. The highest BCUT2D eigenvalue weighted by molar-refractivity contribution is 7.89. The molecule has 1 saturated carbocycles. The lowest BCUT2D eigenvalue weighted by Crippen LogP contribution is -2.48. The van der Waals surface area contributed by atoms with E-state index in [-0.39, 0.29) is 35.1 Å². The van der Waals surface area contributed by atoms with Crippen LogP contribution in [0.15, 0.2) is 53.4 Å². The van der Waals surface area contributed by atoms with Crippen LogP contribution < -0.4 is 0 Å². The van der Waals surface area contributed by atoms with Crippen LogP contribution in [-0.4, -0.2) is 60.5 Å². The van der Waals surface area contributed by atoms with Crippen molar-refractivity contribution >= 4 is 21.8 Å². The average Bonchev–Trinajstić information content (AvgIpc) is 3.11. The highest BCUT2D eigenvalue weighted by Crippen LogP contribution is 2.38. The minimum Gasteiger partial charge on any atom is -0.296 e. The maximum Gasteiger partial charge on any atom is 0.243 e. The van der Waals surface area contributed by atoms with Crippen molar-refractivity contribution < 1.29 is 18.0 Å². The van der Waals surface area contributed by atoms with Crippen LogP contribution in [0, 0.1) is 18.8 Å². The van der Waals surface area contributed by atoms with Gasteiger partial charge in [-0.2, -0.15) is 4.31 Å². The number of sulfonamides is 1. The van der Waals surface area contributed by atoms with Gasteiger partial charge in [0.25, 0.3) is 0 Å². The molecule has 3 aliphatic rings. The number of likely N-dealkylation sites (tertiary alicyclic amines) is 1. The molecule has 0 bridgehead atoms. The first-order valence-corrected chi connectivity index (χ1v) is 14.0. The summed E-state index contributed by atoms with van der Waals surface area (Å²) >= 11 is 0. The Kier molecular flexibility index (Phi) is 6.79. The number of piperazine rings is 1. The second kappa shape index (κ2) is 9.84. The second-order valence-corrected chi connectivity index (χ2v) is 11.9. The lowest BCUT2D eigenvalue weighted by molar-refractivity contribution is -0.140. The Morgan fingerprint density at radius 3 is 2.06 bits per heavy atom. The molecule has 2 amide bonds. The number of hydrogen-bond acceptors (Lipinski definition) is 5. The number of rotatable bonds is 6. The monoisotopic (exact) mass is 495 g/mol. The van der Waals surface area contributed by atoms with Gasteiger partial charge in [-0.05, 0) is 42.5 Å². The standard InChI is InChI=1S/C27H33N3O4S/c1-20-11-12-22(19-30-26(31)23-9-5-6-10-24(23)27(30)32)17-25(20)35(33,34)29-15-13-28(14-16-29)18-21-7-3-2-4-8-21/h2-4,7-8,11-12,17,23-24H,5-6,9-10,13-16,18-19H2,1H3/t23-,24-/m0/s1. The molecule has 0 unspecified atom stereocenters. The van der Waals surface area contributed by atoms with Crippen LogP contribution in [0.25, 0.3) is 0 Å². The van der Waals surface area contributed by atoms with Crippen molar-refractivity contribution in [3.63, 3.8) is 0 Å². The summed E-state index contributed by atoms with van der Waals surface area (Å²) in [5.41, 5.74) is 2.57. The molecule has 3 fully saturated rings. The zero-order chi connectivity index (χ0) is 24.6. The summed E-state index contributed by atoms with van der Waals surface area (Å²) < 4.78 is 28.7. The SMILES string of the molecule is Cc1ccc(CN2C(=O)[C@H]3CCCC[C@@H]3C2=O)cc1S(=O)(=O)N1CCN(Cc2ccccc2)CC1. The van der Waals surface area contributed by atoms with E-state index in [0.717, 1.165) is 32.2 Å². The van der Waals surface area contributed by atoms with Crippen molar-refractivity contribution in [2.24, 2.45) is 11.8 Å². The number of aryl methyl sites for hydroxylation is 1. The maximum atomic E-state index is 13.6. The van der Waals surface area contributed by atoms with Gasteiger partial charge in [-0.3, -0.25) is 19.4 Å². The molecule has 7 nitrogen and oxygen atoms in total. The van der Waals surface area contributed by atoms with Crippen LogP contribution >= 0.6 is 0 Å². The van der Waals surface area contributed by atoms with Gasteiger partial charge in [-0.1, -0.05) is 55.3 Å². The molecule has 0 radical (unpaired) electrons. The molecule has 35 heavy (non-hydrogen) atoms. The Bertz CT molecular complexity index is 1180. The second-order valence-electron chi connectivity index (χ2n) is 10.0. The van der Waals surface area contributed by atoms with Gasteiger partial charge in [0.15, 0.2) is 0 Å². The summed E-state index contributed by atoms with van der Waals surface area (Å²) in [4.78, 5) is 29.7. The fraction of sp³-hybridized carbons (Fsp3) is 0.481. The molecule has 0 aromatic heterocycles. The zero-order valence-corrected chi connectivity index (χ0v) is 21.0. The normalized spacial score (nSPS) is 24.1. The number of benzene rings is 2. The summed E-state index contributed by atoms with van der Waals surface area (Å²) in [6.07, 6.45) is 3.52. The average molecular weight is 496 g/mol. The van der Waals surface area contributed by atoms with Crippen LogP contribution in [0.2, 0.25) is 0 Å². The van der Waals surface area contributed by atoms with Gasteiger partial charge in [-0.15, -0.1) is 0 Å². The van der Waals surface area contributed by atoms with Crippen LogP contribution in [-0.2, 0) is 32.7 Å².